The Labute approximate surface area is 167 Å². The number of methoxy groups -OCH3 is 1. The van der Waals surface area contributed by atoms with E-state index in [0.29, 0.717) is 11.6 Å². The van der Waals surface area contributed by atoms with Crippen LogP contribution in [0.25, 0.3) is 0 Å². The Kier molecular flexibility index (Phi) is 6.45. The summed E-state index contributed by atoms with van der Waals surface area (Å²) in [6.45, 7) is 0.0649. The molecule has 0 aliphatic heterocycles. The van der Waals surface area contributed by atoms with Gasteiger partial charge in [0.05, 0.1) is 12.0 Å². The lowest BCUT2D eigenvalue weighted by Gasteiger charge is -2.16. The van der Waals surface area contributed by atoms with Crippen molar-refractivity contribution in [1.29, 1.82) is 0 Å². The summed E-state index contributed by atoms with van der Waals surface area (Å²) < 4.78 is 55.4. The third-order valence-electron chi connectivity index (χ3n) is 4.12. The average molecular weight is 421 g/mol. The molecule has 2 aromatic carbocycles. The maximum absolute atomic E-state index is 13.5. The van der Waals surface area contributed by atoms with Gasteiger partial charge in [0, 0.05) is 20.0 Å². The Morgan fingerprint density at radius 2 is 1.86 bits per heavy atom. The molecule has 0 fully saturated rings. The van der Waals surface area contributed by atoms with Crippen molar-refractivity contribution in [2.24, 2.45) is 0 Å². The summed E-state index contributed by atoms with van der Waals surface area (Å²) in [6.07, 6.45) is 0.245. The van der Waals surface area contributed by atoms with Gasteiger partial charge >= 0.3 is 0 Å². The molecule has 10 heteroatoms. The Bertz CT molecular complexity index is 1050. The van der Waals surface area contributed by atoms with Crippen LogP contribution in [-0.4, -0.2) is 43.6 Å². The molecule has 154 valence electrons. The second kappa shape index (κ2) is 9.01. The first-order chi connectivity index (χ1) is 13.9. The van der Waals surface area contributed by atoms with Gasteiger partial charge in [-0.2, -0.15) is 4.98 Å². The van der Waals surface area contributed by atoms with Crippen molar-refractivity contribution >= 4 is 10.0 Å². The monoisotopic (exact) mass is 421 g/mol. The van der Waals surface area contributed by atoms with Crippen LogP contribution in [0.4, 0.5) is 4.39 Å². The maximum atomic E-state index is 13.5. The highest BCUT2D eigenvalue weighted by Gasteiger charge is 2.21. The Balaban J connectivity index is 1.56. The van der Waals surface area contributed by atoms with Gasteiger partial charge in [-0.25, -0.2) is 17.1 Å². The van der Waals surface area contributed by atoms with Crippen molar-refractivity contribution in [3.63, 3.8) is 0 Å². The lowest BCUT2D eigenvalue weighted by molar-refractivity contribution is 0.234. The molecule has 0 N–H and O–H groups in total. The van der Waals surface area contributed by atoms with E-state index in [1.54, 1.807) is 24.3 Å². The van der Waals surface area contributed by atoms with E-state index in [2.05, 4.69) is 10.1 Å². The molecule has 0 saturated heterocycles. The highest BCUT2D eigenvalue weighted by Crippen LogP contribution is 2.19. The van der Waals surface area contributed by atoms with E-state index in [1.165, 1.54) is 42.7 Å². The summed E-state index contributed by atoms with van der Waals surface area (Å²) in [5.41, 5.74) is 0. The minimum atomic E-state index is -3.65. The Morgan fingerprint density at radius 1 is 1.14 bits per heavy atom. The fraction of sp³-hybridized carbons (Fsp3) is 0.263. The predicted molar refractivity (Wildman–Crippen MR) is 102 cm³/mol. The first-order valence-corrected chi connectivity index (χ1v) is 10.1. The first-order valence-electron chi connectivity index (χ1n) is 8.69. The van der Waals surface area contributed by atoms with E-state index in [9.17, 15) is 12.8 Å². The van der Waals surface area contributed by atoms with Gasteiger partial charge in [0.1, 0.15) is 5.75 Å². The van der Waals surface area contributed by atoms with Crippen LogP contribution in [-0.2, 0) is 23.1 Å². The SMILES string of the molecule is COc1ccc(S(=O)(=O)N(C)CCc2noc(COc3ccccc3F)n2)cc1. The van der Waals surface area contributed by atoms with Gasteiger partial charge in [-0.15, -0.1) is 0 Å². The number of nitrogens with zero attached hydrogens (tertiary/aromatic N) is 3. The van der Waals surface area contributed by atoms with Gasteiger partial charge in [0.2, 0.25) is 10.0 Å². The number of aromatic nitrogens is 2. The average Bonchev–Trinajstić information content (AvgIpc) is 3.19. The molecule has 29 heavy (non-hydrogen) atoms. The molecule has 0 unspecified atom stereocenters. The van der Waals surface area contributed by atoms with E-state index >= 15 is 0 Å². The second-order valence-corrected chi connectivity index (χ2v) is 8.12. The molecule has 1 aromatic heterocycles. The molecule has 0 aliphatic carbocycles. The fourth-order valence-electron chi connectivity index (χ4n) is 2.46. The van der Waals surface area contributed by atoms with Gasteiger partial charge in [-0.1, -0.05) is 17.3 Å². The number of hydrogen-bond acceptors (Lipinski definition) is 7. The van der Waals surface area contributed by atoms with Crippen molar-refractivity contribution in [3.05, 3.63) is 66.1 Å². The number of benzene rings is 2. The first kappa shape index (κ1) is 20.7. The summed E-state index contributed by atoms with van der Waals surface area (Å²) in [6, 6.07) is 12.1. The largest absolute Gasteiger partial charge is 0.497 e. The number of rotatable bonds is 9. The van der Waals surface area contributed by atoms with Crippen molar-refractivity contribution < 1.29 is 26.8 Å². The molecule has 0 atom stereocenters. The van der Waals surface area contributed by atoms with Gasteiger partial charge in [-0.3, -0.25) is 0 Å². The number of ether oxygens (including phenoxy) is 2. The van der Waals surface area contributed by atoms with Crippen LogP contribution in [0.15, 0.2) is 57.9 Å². The predicted octanol–water partition coefficient (Wildman–Crippen LogP) is 2.66. The number of para-hydroxylation sites is 1. The molecule has 8 nitrogen and oxygen atoms in total. The highest BCUT2D eigenvalue weighted by atomic mass is 32.2. The Morgan fingerprint density at radius 3 is 2.55 bits per heavy atom. The summed E-state index contributed by atoms with van der Waals surface area (Å²) in [7, 11) is -0.669. The van der Waals surface area contributed by atoms with Crippen LogP contribution in [0.2, 0.25) is 0 Å². The number of sulfonamides is 1. The third kappa shape index (κ3) is 5.09. The lowest BCUT2D eigenvalue weighted by Crippen LogP contribution is -2.29. The summed E-state index contributed by atoms with van der Waals surface area (Å²) in [4.78, 5) is 4.30. The zero-order chi connectivity index (χ0) is 20.9. The molecule has 0 radical (unpaired) electrons. The van der Waals surface area contributed by atoms with E-state index < -0.39 is 15.8 Å². The van der Waals surface area contributed by atoms with Gasteiger partial charge in [-0.05, 0) is 36.4 Å². The van der Waals surface area contributed by atoms with Gasteiger partial charge in [0.15, 0.2) is 24.0 Å². The topological polar surface area (TPSA) is 94.8 Å². The Hall–Kier alpha value is -2.98. The maximum Gasteiger partial charge on any atom is 0.264 e. The smallest absolute Gasteiger partial charge is 0.264 e. The fourth-order valence-corrected chi connectivity index (χ4v) is 3.63. The molecule has 0 spiro atoms. The van der Waals surface area contributed by atoms with Crippen molar-refractivity contribution in [3.8, 4) is 11.5 Å². The van der Waals surface area contributed by atoms with Crippen LogP contribution in [0, 0.1) is 5.82 Å². The summed E-state index contributed by atoms with van der Waals surface area (Å²) >= 11 is 0. The van der Waals surface area contributed by atoms with Crippen LogP contribution in [0.1, 0.15) is 11.7 Å². The molecular weight excluding hydrogens is 401 g/mol. The molecule has 3 rings (SSSR count). The molecule has 0 amide bonds. The van der Waals surface area contributed by atoms with E-state index in [0.717, 1.165) is 0 Å². The van der Waals surface area contributed by atoms with Crippen LogP contribution in [0.3, 0.4) is 0 Å². The summed E-state index contributed by atoms with van der Waals surface area (Å²) in [5, 5.41) is 3.80. The molecular formula is C19H20FN3O5S. The van der Waals surface area contributed by atoms with Crippen LogP contribution >= 0.6 is 0 Å². The number of likely N-dealkylation sites (N-methyl/N-ethyl adjacent to an activating group) is 1. The lowest BCUT2D eigenvalue weighted by atomic mass is 10.3. The molecule has 0 aliphatic rings. The van der Waals surface area contributed by atoms with Gasteiger partial charge < -0.3 is 14.0 Å². The summed E-state index contributed by atoms with van der Waals surface area (Å²) in [5.74, 6) is 0.663. The van der Waals surface area contributed by atoms with E-state index in [-0.39, 0.29) is 36.1 Å². The molecule has 1 heterocycles. The minimum absolute atomic E-state index is 0.0811. The van der Waals surface area contributed by atoms with Crippen LogP contribution < -0.4 is 9.47 Å². The molecule has 0 saturated carbocycles. The van der Waals surface area contributed by atoms with Crippen LogP contribution in [0.5, 0.6) is 11.5 Å². The standard InChI is InChI=1S/C19H20FN3O5S/c1-23(29(24,25)15-9-7-14(26-2)8-10-15)12-11-18-21-19(28-22-18)13-27-17-6-4-3-5-16(17)20/h3-10H,11-13H2,1-2H3. The third-order valence-corrected chi connectivity index (χ3v) is 5.99. The quantitative estimate of drug-likeness (QED) is 0.524. The van der Waals surface area contributed by atoms with Gasteiger partial charge in [0.25, 0.3) is 5.89 Å². The zero-order valence-electron chi connectivity index (χ0n) is 15.9. The second-order valence-electron chi connectivity index (χ2n) is 6.08. The number of hydrogen-bond donors (Lipinski definition) is 0. The normalized spacial score (nSPS) is 11.6. The minimum Gasteiger partial charge on any atom is -0.497 e. The zero-order valence-corrected chi connectivity index (χ0v) is 16.7. The van der Waals surface area contributed by atoms with E-state index in [4.69, 9.17) is 14.0 Å². The molecule has 0 bridgehead atoms. The number of halogens is 1. The molecule has 3 aromatic rings. The van der Waals surface area contributed by atoms with Crippen molar-refractivity contribution in [2.45, 2.75) is 17.9 Å². The highest BCUT2D eigenvalue weighted by molar-refractivity contribution is 7.89. The van der Waals surface area contributed by atoms with Crippen molar-refractivity contribution in [2.75, 3.05) is 20.7 Å². The van der Waals surface area contributed by atoms with Crippen molar-refractivity contribution in [1.82, 2.24) is 14.4 Å². The van der Waals surface area contributed by atoms with E-state index in [1.807, 2.05) is 0 Å².